The Kier molecular flexibility index (Phi) is 4.19. The molecule has 1 aromatic carbocycles. The number of sulfonamides is 1. The number of rotatable bonds is 2. The van der Waals surface area contributed by atoms with E-state index in [9.17, 15) is 8.42 Å². The van der Waals surface area contributed by atoms with Crippen molar-refractivity contribution >= 4 is 27.6 Å². The number of hydrogen-bond donors (Lipinski definition) is 0. The monoisotopic (exact) mass is 398 g/mol. The van der Waals surface area contributed by atoms with Crippen molar-refractivity contribution in [3.63, 3.8) is 0 Å². The molecular formula is C19H22N6O2S. The molecule has 28 heavy (non-hydrogen) atoms. The highest BCUT2D eigenvalue weighted by molar-refractivity contribution is 7.90. The zero-order valence-electron chi connectivity index (χ0n) is 15.5. The molecule has 0 amide bonds. The molecule has 2 aromatic rings. The normalized spacial score (nSPS) is 21.0. The van der Waals surface area contributed by atoms with Crippen molar-refractivity contribution in [1.82, 2.24) is 14.9 Å². The Balaban J connectivity index is 1.32. The van der Waals surface area contributed by atoms with Gasteiger partial charge in [-0.1, -0.05) is 12.1 Å². The molecule has 0 spiro atoms. The van der Waals surface area contributed by atoms with E-state index in [1.165, 1.54) is 12.8 Å². The van der Waals surface area contributed by atoms with Gasteiger partial charge in [0.25, 0.3) is 10.0 Å². The van der Waals surface area contributed by atoms with Gasteiger partial charge in [-0.25, -0.2) is 4.98 Å². The second kappa shape index (κ2) is 6.73. The van der Waals surface area contributed by atoms with Gasteiger partial charge in [-0.15, -0.1) is 4.40 Å². The molecule has 5 rings (SSSR count). The Labute approximate surface area is 164 Å². The van der Waals surface area contributed by atoms with Gasteiger partial charge in [0.05, 0.1) is 0 Å². The number of amidine groups is 1. The second-order valence-electron chi connectivity index (χ2n) is 7.27. The zero-order valence-corrected chi connectivity index (χ0v) is 16.3. The number of aromatic nitrogens is 2. The van der Waals surface area contributed by atoms with Gasteiger partial charge in [0, 0.05) is 51.0 Å². The van der Waals surface area contributed by atoms with Crippen LogP contribution in [0.25, 0.3) is 0 Å². The average Bonchev–Trinajstić information content (AvgIpc) is 3.36. The summed E-state index contributed by atoms with van der Waals surface area (Å²) < 4.78 is 28.7. The molecule has 4 heterocycles. The van der Waals surface area contributed by atoms with Crippen molar-refractivity contribution in [3.05, 3.63) is 42.1 Å². The maximum atomic E-state index is 12.3. The van der Waals surface area contributed by atoms with Crippen molar-refractivity contribution in [3.8, 4) is 0 Å². The van der Waals surface area contributed by atoms with E-state index in [1.807, 2.05) is 24.4 Å². The van der Waals surface area contributed by atoms with Crippen LogP contribution in [0.3, 0.4) is 0 Å². The lowest BCUT2D eigenvalue weighted by Gasteiger charge is -2.36. The molecule has 146 valence electrons. The number of benzene rings is 1. The average molecular weight is 398 g/mol. The van der Waals surface area contributed by atoms with E-state index in [1.54, 1.807) is 12.1 Å². The van der Waals surface area contributed by atoms with Crippen LogP contribution >= 0.6 is 0 Å². The van der Waals surface area contributed by atoms with E-state index in [0.29, 0.717) is 29.4 Å². The third-order valence-corrected chi connectivity index (χ3v) is 6.86. The summed E-state index contributed by atoms with van der Waals surface area (Å²) in [5.41, 5.74) is 0.703. The molecule has 0 saturated carbocycles. The summed E-state index contributed by atoms with van der Waals surface area (Å²) in [7, 11) is -3.58. The maximum absolute atomic E-state index is 12.3. The van der Waals surface area contributed by atoms with Crippen LogP contribution in [-0.4, -0.2) is 68.4 Å². The summed E-state index contributed by atoms with van der Waals surface area (Å²) >= 11 is 0. The molecule has 2 fully saturated rings. The van der Waals surface area contributed by atoms with Gasteiger partial charge in [0.1, 0.15) is 10.7 Å². The highest BCUT2D eigenvalue weighted by atomic mass is 32.2. The van der Waals surface area contributed by atoms with Crippen LogP contribution in [-0.2, 0) is 10.0 Å². The lowest BCUT2D eigenvalue weighted by atomic mass is 10.1. The second-order valence-corrected chi connectivity index (χ2v) is 8.84. The first-order valence-electron chi connectivity index (χ1n) is 9.64. The number of anilines is 2. The van der Waals surface area contributed by atoms with Gasteiger partial charge in [0.15, 0.2) is 5.84 Å². The quantitative estimate of drug-likeness (QED) is 0.755. The molecular weight excluding hydrogens is 376 g/mol. The van der Waals surface area contributed by atoms with Gasteiger partial charge < -0.3 is 14.7 Å². The first-order chi connectivity index (χ1) is 13.6. The largest absolute Gasteiger partial charge is 0.353 e. The minimum Gasteiger partial charge on any atom is -0.353 e. The third kappa shape index (κ3) is 2.99. The molecule has 0 atom stereocenters. The topological polar surface area (TPSA) is 82.0 Å². The van der Waals surface area contributed by atoms with Gasteiger partial charge >= 0.3 is 0 Å². The Morgan fingerprint density at radius 3 is 2.32 bits per heavy atom. The van der Waals surface area contributed by atoms with Crippen LogP contribution in [0.2, 0.25) is 0 Å². The Bertz CT molecular complexity index is 1020. The van der Waals surface area contributed by atoms with E-state index in [0.717, 1.165) is 37.9 Å². The van der Waals surface area contributed by atoms with Crippen LogP contribution in [0.4, 0.5) is 11.8 Å². The van der Waals surface area contributed by atoms with E-state index >= 15 is 0 Å². The Morgan fingerprint density at radius 1 is 0.821 bits per heavy atom. The Hall–Kier alpha value is -2.68. The Morgan fingerprint density at radius 2 is 1.54 bits per heavy atom. The van der Waals surface area contributed by atoms with Gasteiger partial charge in [-0.2, -0.15) is 13.4 Å². The van der Waals surface area contributed by atoms with Crippen molar-refractivity contribution in [2.75, 3.05) is 49.1 Å². The first-order valence-corrected chi connectivity index (χ1v) is 11.1. The molecule has 1 aromatic heterocycles. The summed E-state index contributed by atoms with van der Waals surface area (Å²) in [6.45, 7) is 4.96. The van der Waals surface area contributed by atoms with Gasteiger partial charge in [-0.3, -0.25) is 0 Å². The van der Waals surface area contributed by atoms with Crippen molar-refractivity contribution in [2.24, 2.45) is 4.40 Å². The summed E-state index contributed by atoms with van der Waals surface area (Å²) in [5.74, 6) is 2.30. The molecule has 0 radical (unpaired) electrons. The number of piperazine rings is 1. The molecule has 0 bridgehead atoms. The molecule has 3 aliphatic heterocycles. The number of hydrogen-bond acceptors (Lipinski definition) is 7. The maximum Gasteiger partial charge on any atom is 0.285 e. The fourth-order valence-corrected chi connectivity index (χ4v) is 5.28. The molecule has 9 heteroatoms. The smallest absolute Gasteiger partial charge is 0.285 e. The molecule has 0 unspecified atom stereocenters. The third-order valence-electron chi connectivity index (χ3n) is 5.53. The summed E-state index contributed by atoms with van der Waals surface area (Å²) in [6, 6.07) is 8.99. The number of nitrogens with zero attached hydrogens (tertiary/aromatic N) is 6. The zero-order chi connectivity index (χ0) is 19.1. The van der Waals surface area contributed by atoms with Crippen molar-refractivity contribution in [2.45, 2.75) is 17.7 Å². The summed E-state index contributed by atoms with van der Waals surface area (Å²) in [6.07, 6.45) is 4.21. The van der Waals surface area contributed by atoms with Crippen molar-refractivity contribution in [1.29, 1.82) is 0 Å². The van der Waals surface area contributed by atoms with E-state index in [4.69, 9.17) is 4.98 Å². The number of fused-ring (bicyclic) bond motifs is 1. The highest BCUT2D eigenvalue weighted by Crippen LogP contribution is 2.28. The lowest BCUT2D eigenvalue weighted by Crippen LogP contribution is -2.49. The minimum atomic E-state index is -3.58. The fraction of sp³-hybridized carbons (Fsp3) is 0.421. The van der Waals surface area contributed by atoms with Crippen molar-refractivity contribution < 1.29 is 8.42 Å². The van der Waals surface area contributed by atoms with Crippen LogP contribution in [0.15, 0.2) is 45.8 Å². The van der Waals surface area contributed by atoms with Crippen LogP contribution in [0, 0.1) is 0 Å². The molecule has 8 nitrogen and oxygen atoms in total. The van der Waals surface area contributed by atoms with Gasteiger partial charge in [-0.05, 0) is 31.0 Å². The summed E-state index contributed by atoms with van der Waals surface area (Å²) in [4.78, 5) is 16.0. The van der Waals surface area contributed by atoms with Gasteiger partial charge in [0.2, 0.25) is 5.95 Å². The predicted octanol–water partition coefficient (Wildman–Crippen LogP) is 1.35. The van der Waals surface area contributed by atoms with E-state index < -0.39 is 10.0 Å². The van der Waals surface area contributed by atoms with E-state index in [2.05, 4.69) is 24.1 Å². The van der Waals surface area contributed by atoms with Crippen LogP contribution in [0.1, 0.15) is 18.4 Å². The SMILES string of the molecule is O=S1(=O)N=C(N2CCN(c3ccnc(N4CCCC4)n3)CC2)c2ccccc21. The molecule has 0 N–H and O–H groups in total. The standard InChI is InChI=1S/C19H22N6O2S/c26-28(27)16-6-2-1-5-15(16)18(22-28)24-13-11-23(12-14-24)17-7-8-20-19(21-17)25-9-3-4-10-25/h1-2,5-8H,3-4,9-14H2. The molecule has 0 aliphatic carbocycles. The summed E-state index contributed by atoms with van der Waals surface area (Å²) in [5, 5.41) is 0. The van der Waals surface area contributed by atoms with Crippen LogP contribution in [0.5, 0.6) is 0 Å². The predicted molar refractivity (Wildman–Crippen MR) is 107 cm³/mol. The molecule has 2 saturated heterocycles. The van der Waals surface area contributed by atoms with Crippen LogP contribution < -0.4 is 9.80 Å². The minimum absolute atomic E-state index is 0.304. The van der Waals surface area contributed by atoms with E-state index in [-0.39, 0.29) is 0 Å². The lowest BCUT2D eigenvalue weighted by molar-refractivity contribution is 0.386. The fourth-order valence-electron chi connectivity index (χ4n) is 4.05. The first kappa shape index (κ1) is 17.4. The molecule has 3 aliphatic rings. The highest BCUT2D eigenvalue weighted by Gasteiger charge is 2.33.